The molecule has 2 N–H and O–H groups in total. The van der Waals surface area contributed by atoms with E-state index in [2.05, 4.69) is 15.4 Å². The Kier molecular flexibility index (Phi) is 11.6. The number of carbonyl (C=O) groups is 1. The van der Waals surface area contributed by atoms with E-state index in [1.807, 2.05) is 30.3 Å². The van der Waals surface area contributed by atoms with Crippen LogP contribution in [0.5, 0.6) is 5.75 Å². The van der Waals surface area contributed by atoms with Gasteiger partial charge in [-0.25, -0.2) is 18.4 Å². The summed E-state index contributed by atoms with van der Waals surface area (Å²) in [5.41, 5.74) is -0.390. The monoisotopic (exact) mass is 668 g/mol. The van der Waals surface area contributed by atoms with E-state index in [1.54, 1.807) is 19.1 Å². The third-order valence-corrected chi connectivity index (χ3v) is 7.58. The van der Waals surface area contributed by atoms with E-state index >= 15 is 0 Å². The van der Waals surface area contributed by atoms with E-state index in [4.69, 9.17) is 32.7 Å². The normalized spacial score (nSPS) is 14.6. The van der Waals surface area contributed by atoms with Crippen molar-refractivity contribution in [3.8, 4) is 5.75 Å². The lowest BCUT2D eigenvalue weighted by atomic mass is 9.86. The number of aliphatic hydroxyl groups is 1. The highest BCUT2D eigenvalue weighted by Crippen LogP contribution is 2.35. The molecule has 0 amide bonds. The molecule has 0 unspecified atom stereocenters. The molecule has 0 saturated carbocycles. The van der Waals surface area contributed by atoms with E-state index in [9.17, 15) is 27.5 Å². The lowest BCUT2D eigenvalue weighted by Crippen LogP contribution is -2.55. The molecule has 45 heavy (non-hydrogen) atoms. The second kappa shape index (κ2) is 15.2. The van der Waals surface area contributed by atoms with Crippen molar-refractivity contribution in [2.45, 2.75) is 50.1 Å². The molecule has 4 rings (SSSR count). The molecule has 4 aromatic rings. The zero-order valence-corrected chi connectivity index (χ0v) is 25.4. The largest absolute Gasteiger partial charge is 0.487 e. The molecule has 0 fully saturated rings. The molecular formula is C31H30Cl2F4N4O4. The highest BCUT2D eigenvalue weighted by atomic mass is 35.5. The summed E-state index contributed by atoms with van der Waals surface area (Å²) in [6.45, 7) is 0.121. The average Bonchev–Trinajstić information content (AvgIpc) is 3.52. The summed E-state index contributed by atoms with van der Waals surface area (Å²) in [7, 11) is 0. The van der Waals surface area contributed by atoms with Crippen LogP contribution in [0.4, 0.5) is 17.6 Å². The Bertz CT molecular complexity index is 1530. The molecule has 0 aliphatic heterocycles. The van der Waals surface area contributed by atoms with E-state index in [0.29, 0.717) is 10.6 Å². The summed E-state index contributed by atoms with van der Waals surface area (Å²) in [6, 6.07) is 17.2. The van der Waals surface area contributed by atoms with Gasteiger partial charge in [-0.05, 0) is 48.9 Å². The number of halogens is 6. The Morgan fingerprint density at radius 1 is 1.07 bits per heavy atom. The molecule has 0 saturated heterocycles. The first-order valence-corrected chi connectivity index (χ1v) is 14.5. The lowest BCUT2D eigenvalue weighted by molar-refractivity contribution is -0.148. The number of ketones is 1. The van der Waals surface area contributed by atoms with Crippen LogP contribution in [0.3, 0.4) is 0 Å². The van der Waals surface area contributed by atoms with Crippen LogP contribution in [-0.2, 0) is 23.5 Å². The van der Waals surface area contributed by atoms with Gasteiger partial charge in [-0.1, -0.05) is 59.6 Å². The van der Waals surface area contributed by atoms with Crippen LogP contribution in [-0.4, -0.2) is 63.3 Å². The van der Waals surface area contributed by atoms with Gasteiger partial charge in [-0.3, -0.25) is 10.1 Å². The summed E-state index contributed by atoms with van der Waals surface area (Å²) in [6.07, 6.45) is -1.14. The Hall–Kier alpha value is -3.55. The highest BCUT2D eigenvalue weighted by Gasteiger charge is 2.42. The number of hydrogen-bond donors (Lipinski definition) is 2. The van der Waals surface area contributed by atoms with Crippen LogP contribution < -0.4 is 10.1 Å². The first kappa shape index (κ1) is 34.3. The SMILES string of the molecule is C[C@@H](N[C@H](COCc1ccccc1)C(=O)c1ccc(OCC(F)(F)C(F)F)cc1)[C@](O)(Cn1cncn1)c1ccc(Cl)cc1Cl. The zero-order valence-electron chi connectivity index (χ0n) is 23.9. The van der Waals surface area contributed by atoms with Crippen LogP contribution in [0.15, 0.2) is 85.5 Å². The third kappa shape index (κ3) is 9.01. The number of aromatic nitrogens is 3. The second-order valence-electron chi connectivity index (χ2n) is 10.3. The number of alkyl halides is 4. The molecule has 1 heterocycles. The predicted octanol–water partition coefficient (Wildman–Crippen LogP) is 6.20. The van der Waals surface area contributed by atoms with E-state index in [1.165, 1.54) is 47.7 Å². The summed E-state index contributed by atoms with van der Waals surface area (Å²) < 4.78 is 63.7. The Morgan fingerprint density at radius 2 is 1.78 bits per heavy atom. The fourth-order valence-corrected chi connectivity index (χ4v) is 5.10. The maximum absolute atomic E-state index is 13.8. The Balaban J connectivity index is 1.58. The minimum Gasteiger partial charge on any atom is -0.487 e. The zero-order chi connectivity index (χ0) is 32.6. The quantitative estimate of drug-likeness (QED) is 0.108. The molecule has 14 heteroatoms. The summed E-state index contributed by atoms with van der Waals surface area (Å²) >= 11 is 12.6. The number of rotatable bonds is 16. The van der Waals surface area contributed by atoms with Gasteiger partial charge in [0, 0.05) is 27.2 Å². The van der Waals surface area contributed by atoms with E-state index in [-0.39, 0.29) is 36.1 Å². The molecule has 0 radical (unpaired) electrons. The molecule has 1 aromatic heterocycles. The van der Waals surface area contributed by atoms with Gasteiger partial charge in [0.05, 0.1) is 25.8 Å². The maximum Gasteiger partial charge on any atom is 0.340 e. The van der Waals surface area contributed by atoms with Crippen LogP contribution >= 0.6 is 23.2 Å². The van der Waals surface area contributed by atoms with Gasteiger partial charge in [-0.15, -0.1) is 0 Å². The molecule has 3 aromatic carbocycles. The van der Waals surface area contributed by atoms with Gasteiger partial charge < -0.3 is 14.6 Å². The molecule has 0 aliphatic carbocycles. The minimum absolute atomic E-state index is 0.0937. The number of hydrogen-bond acceptors (Lipinski definition) is 7. The van der Waals surface area contributed by atoms with Gasteiger partial charge >= 0.3 is 12.3 Å². The first-order valence-electron chi connectivity index (χ1n) is 13.7. The van der Waals surface area contributed by atoms with Gasteiger partial charge in [-0.2, -0.15) is 13.9 Å². The van der Waals surface area contributed by atoms with Crippen LogP contribution in [0.2, 0.25) is 10.0 Å². The van der Waals surface area contributed by atoms with Crippen molar-refractivity contribution < 1.29 is 36.9 Å². The number of carbonyl (C=O) groups excluding carboxylic acids is 1. The standard InChI is InChI=1S/C31H30Cl2F4N4O4/c1-20(30(43,16-41-19-38-18-39-41)25-12-9-23(32)13-26(25)33)40-27(15-44-14-21-5-3-2-4-6-21)28(42)22-7-10-24(11-8-22)45-17-31(36,37)29(34)35/h2-13,18-20,27,29,40,43H,14-17H2,1H3/t20-,27-,30-/m1/s1. The van der Waals surface area contributed by atoms with Crippen LogP contribution in [0.25, 0.3) is 0 Å². The molecule has 0 bridgehead atoms. The fourth-order valence-electron chi connectivity index (χ4n) is 4.52. The smallest absolute Gasteiger partial charge is 0.340 e. The van der Waals surface area contributed by atoms with Crippen molar-refractivity contribution in [1.82, 2.24) is 20.1 Å². The molecule has 3 atom stereocenters. The molecule has 8 nitrogen and oxygen atoms in total. The van der Waals surface area contributed by atoms with Crippen LogP contribution in [0, 0.1) is 0 Å². The second-order valence-corrected chi connectivity index (χ2v) is 11.2. The number of nitrogens with one attached hydrogen (secondary N) is 1. The fraction of sp³-hybridized carbons (Fsp3) is 0.323. The van der Waals surface area contributed by atoms with Crippen LogP contribution in [0.1, 0.15) is 28.4 Å². The lowest BCUT2D eigenvalue weighted by Gasteiger charge is -2.37. The van der Waals surface area contributed by atoms with Gasteiger partial charge in [0.15, 0.2) is 12.4 Å². The average molecular weight is 670 g/mol. The summed E-state index contributed by atoms with van der Waals surface area (Å²) in [5.74, 6) is -4.90. The van der Waals surface area contributed by atoms with Crippen molar-refractivity contribution in [2.75, 3.05) is 13.2 Å². The molecular weight excluding hydrogens is 639 g/mol. The van der Waals surface area contributed by atoms with E-state index in [0.717, 1.165) is 5.56 Å². The van der Waals surface area contributed by atoms with Crippen molar-refractivity contribution in [1.29, 1.82) is 0 Å². The maximum atomic E-state index is 13.8. The van der Waals surface area contributed by atoms with Gasteiger partial charge in [0.1, 0.15) is 24.0 Å². The molecule has 0 spiro atoms. The van der Waals surface area contributed by atoms with Crippen molar-refractivity contribution in [3.63, 3.8) is 0 Å². The first-order chi connectivity index (χ1) is 21.4. The minimum atomic E-state index is -4.33. The number of ether oxygens (including phenoxy) is 2. The molecule has 0 aliphatic rings. The number of Topliss-reactive ketones (excluding diaryl/α,β-unsaturated/α-hetero) is 1. The molecule has 240 valence electrons. The predicted molar refractivity (Wildman–Crippen MR) is 160 cm³/mol. The number of benzene rings is 3. The van der Waals surface area contributed by atoms with Crippen molar-refractivity contribution in [3.05, 3.63) is 112 Å². The van der Waals surface area contributed by atoms with Crippen molar-refractivity contribution in [2.24, 2.45) is 0 Å². The number of nitrogens with zero attached hydrogens (tertiary/aromatic N) is 3. The Morgan fingerprint density at radius 3 is 2.40 bits per heavy atom. The summed E-state index contributed by atoms with van der Waals surface area (Å²) in [5, 5.41) is 20.0. The Labute approximate surface area is 266 Å². The topological polar surface area (TPSA) is 98.5 Å². The van der Waals surface area contributed by atoms with Gasteiger partial charge in [0.25, 0.3) is 0 Å². The third-order valence-electron chi connectivity index (χ3n) is 7.04. The van der Waals surface area contributed by atoms with E-state index < -0.39 is 42.4 Å². The summed E-state index contributed by atoms with van der Waals surface area (Å²) in [4.78, 5) is 17.7. The van der Waals surface area contributed by atoms with Gasteiger partial charge in [0.2, 0.25) is 0 Å². The highest BCUT2D eigenvalue weighted by molar-refractivity contribution is 6.35. The van der Waals surface area contributed by atoms with Crippen molar-refractivity contribution >= 4 is 29.0 Å².